The molecule has 172 valence electrons. The summed E-state index contributed by atoms with van der Waals surface area (Å²) in [7, 11) is 0. The Morgan fingerprint density at radius 3 is 2.12 bits per heavy atom. The highest BCUT2D eigenvalue weighted by Gasteiger charge is 2.32. The van der Waals surface area contributed by atoms with Crippen LogP contribution in [0.5, 0.6) is 0 Å². The highest BCUT2D eigenvalue weighted by molar-refractivity contribution is 6.00. The van der Waals surface area contributed by atoms with E-state index in [1.807, 2.05) is 61.5 Å². The van der Waals surface area contributed by atoms with Crippen LogP contribution in [0.25, 0.3) is 11.5 Å². The SMILES string of the molecule is CC(C)N1N=C(c2cccc(-c3nn(C(C)C)c(=O)[n+](C(C)C)n3)n2)NN(C(C)C)C1=O. The van der Waals surface area contributed by atoms with Gasteiger partial charge in [0.25, 0.3) is 5.82 Å². The zero-order chi connectivity index (χ0) is 23.7. The van der Waals surface area contributed by atoms with E-state index in [0.717, 1.165) is 0 Å². The smallest absolute Gasteiger partial charge is 0.274 e. The third-order valence-corrected chi connectivity index (χ3v) is 4.84. The van der Waals surface area contributed by atoms with Gasteiger partial charge in [-0.2, -0.15) is 4.79 Å². The molecule has 0 aromatic carbocycles. The fourth-order valence-electron chi connectivity index (χ4n) is 3.12. The predicted octanol–water partition coefficient (Wildman–Crippen LogP) is 1.87. The maximum Gasteiger partial charge on any atom is 0.540 e. The third kappa shape index (κ3) is 4.46. The van der Waals surface area contributed by atoms with E-state index in [1.165, 1.54) is 19.4 Å². The summed E-state index contributed by atoms with van der Waals surface area (Å²) in [5.74, 6) is 0.783. The van der Waals surface area contributed by atoms with Gasteiger partial charge in [-0.1, -0.05) is 25.6 Å². The van der Waals surface area contributed by atoms with Gasteiger partial charge in [0, 0.05) is 6.04 Å². The van der Waals surface area contributed by atoms with Crippen LogP contribution in [-0.2, 0) is 0 Å². The Morgan fingerprint density at radius 1 is 0.906 bits per heavy atom. The van der Waals surface area contributed by atoms with E-state index in [9.17, 15) is 9.59 Å². The van der Waals surface area contributed by atoms with Gasteiger partial charge in [0.1, 0.15) is 23.5 Å². The fraction of sp³-hybridized carbons (Fsp3) is 0.571. The Bertz CT molecular complexity index is 1060. The molecule has 1 aliphatic heterocycles. The van der Waals surface area contributed by atoms with Crippen molar-refractivity contribution in [2.75, 3.05) is 0 Å². The number of carbonyl (C=O) groups excluding carboxylic acids is 1. The molecule has 3 heterocycles. The molecule has 11 heteroatoms. The fourth-order valence-corrected chi connectivity index (χ4v) is 3.12. The van der Waals surface area contributed by atoms with Gasteiger partial charge < -0.3 is 0 Å². The first kappa shape index (κ1) is 23.3. The molecule has 0 bridgehead atoms. The summed E-state index contributed by atoms with van der Waals surface area (Å²) in [4.78, 5) is 30.1. The monoisotopic (exact) mass is 442 g/mol. The van der Waals surface area contributed by atoms with E-state index in [0.29, 0.717) is 23.0 Å². The van der Waals surface area contributed by atoms with E-state index in [1.54, 1.807) is 12.1 Å². The average Bonchev–Trinajstić information content (AvgIpc) is 2.73. The van der Waals surface area contributed by atoms with Crippen molar-refractivity contribution in [3.8, 4) is 11.5 Å². The summed E-state index contributed by atoms with van der Waals surface area (Å²) in [5, 5.41) is 16.3. The Hall–Kier alpha value is -3.37. The van der Waals surface area contributed by atoms with Gasteiger partial charge >= 0.3 is 11.7 Å². The zero-order valence-corrected chi connectivity index (χ0v) is 19.9. The molecule has 0 aliphatic carbocycles. The first-order valence-corrected chi connectivity index (χ1v) is 10.9. The highest BCUT2D eigenvalue weighted by atomic mass is 16.2. The summed E-state index contributed by atoms with van der Waals surface area (Å²) in [6, 6.07) is 4.72. The molecule has 1 N–H and O–H groups in total. The van der Waals surface area contributed by atoms with Crippen LogP contribution in [0.3, 0.4) is 0 Å². The van der Waals surface area contributed by atoms with Gasteiger partial charge in [0.05, 0.1) is 6.04 Å². The lowest BCUT2D eigenvalue weighted by Crippen LogP contribution is -2.60. The molecule has 11 nitrogen and oxygen atoms in total. The number of carbonyl (C=O) groups is 1. The second kappa shape index (κ2) is 9.01. The second-order valence-electron chi connectivity index (χ2n) is 8.84. The van der Waals surface area contributed by atoms with Crippen molar-refractivity contribution in [2.45, 2.75) is 79.6 Å². The topological polar surface area (TPSA) is 112 Å². The summed E-state index contributed by atoms with van der Waals surface area (Å²) >= 11 is 0. The van der Waals surface area contributed by atoms with Crippen LogP contribution >= 0.6 is 0 Å². The minimum atomic E-state index is -0.271. The molecule has 0 spiro atoms. The number of aromatic nitrogens is 5. The van der Waals surface area contributed by atoms with Crippen molar-refractivity contribution in [3.63, 3.8) is 0 Å². The van der Waals surface area contributed by atoms with Crippen LogP contribution in [0.1, 0.15) is 73.2 Å². The van der Waals surface area contributed by atoms with Crippen molar-refractivity contribution in [1.82, 2.24) is 35.3 Å². The van der Waals surface area contributed by atoms with E-state index in [-0.39, 0.29) is 35.9 Å². The van der Waals surface area contributed by atoms with Gasteiger partial charge in [-0.3, -0.25) is 5.43 Å². The van der Waals surface area contributed by atoms with E-state index in [2.05, 4.69) is 20.7 Å². The molecule has 0 saturated carbocycles. The average molecular weight is 443 g/mol. The quantitative estimate of drug-likeness (QED) is 0.684. The van der Waals surface area contributed by atoms with Gasteiger partial charge in [-0.05, 0) is 67.5 Å². The van der Waals surface area contributed by atoms with Gasteiger partial charge in [-0.15, -0.1) is 5.10 Å². The number of amidine groups is 1. The van der Waals surface area contributed by atoms with Crippen molar-refractivity contribution in [3.05, 3.63) is 34.4 Å². The summed E-state index contributed by atoms with van der Waals surface area (Å²) in [5.41, 5.74) is 3.84. The summed E-state index contributed by atoms with van der Waals surface area (Å²) in [6.45, 7) is 15.2. The summed E-state index contributed by atoms with van der Waals surface area (Å²) < 4.78 is 2.82. The van der Waals surface area contributed by atoms with Crippen LogP contribution in [0.2, 0.25) is 0 Å². The number of nitrogens with zero attached hydrogens (tertiary/aromatic N) is 8. The number of urea groups is 1. The Kier molecular flexibility index (Phi) is 6.56. The van der Waals surface area contributed by atoms with Crippen LogP contribution in [-0.4, -0.2) is 53.8 Å². The lowest BCUT2D eigenvalue weighted by Gasteiger charge is -2.37. The Labute approximate surface area is 187 Å². The largest absolute Gasteiger partial charge is 0.540 e. The highest BCUT2D eigenvalue weighted by Crippen LogP contribution is 2.16. The molecule has 1 aliphatic rings. The molecule has 0 saturated heterocycles. The number of hydrazone groups is 1. The maximum atomic E-state index is 12.7. The normalized spacial score (nSPS) is 14.6. The number of hydrogen-bond acceptors (Lipinski definition) is 7. The molecule has 3 rings (SSSR count). The van der Waals surface area contributed by atoms with Gasteiger partial charge in [-0.25, -0.2) is 19.8 Å². The number of pyridine rings is 1. The van der Waals surface area contributed by atoms with Crippen molar-refractivity contribution >= 4 is 11.9 Å². The van der Waals surface area contributed by atoms with Crippen molar-refractivity contribution < 1.29 is 9.48 Å². The molecule has 0 atom stereocenters. The molecule has 2 aromatic heterocycles. The Balaban J connectivity index is 2.10. The predicted molar refractivity (Wildman–Crippen MR) is 120 cm³/mol. The van der Waals surface area contributed by atoms with Crippen molar-refractivity contribution in [2.24, 2.45) is 5.10 Å². The second-order valence-corrected chi connectivity index (χ2v) is 8.84. The zero-order valence-electron chi connectivity index (χ0n) is 19.9. The van der Waals surface area contributed by atoms with E-state index >= 15 is 0 Å². The number of nitrogens with one attached hydrogen (secondary N) is 1. The number of amides is 2. The molecule has 32 heavy (non-hydrogen) atoms. The van der Waals surface area contributed by atoms with Crippen LogP contribution in [0, 0.1) is 0 Å². The van der Waals surface area contributed by atoms with Crippen LogP contribution in [0.4, 0.5) is 4.79 Å². The standard InChI is InChI=1S/C21H32N9O2/c1-12(2)27-20(31)28(13(3)4)24-18(23-27)16-10-9-11-17(22-16)19-25-29(14(5)6)21(32)30(26-19)15(7)8/h9-15H,1-8H3,(H,23,24)/q+1. The molecule has 0 fully saturated rings. The maximum absolute atomic E-state index is 12.7. The van der Waals surface area contributed by atoms with E-state index in [4.69, 9.17) is 4.98 Å². The molecular weight excluding hydrogens is 410 g/mol. The van der Waals surface area contributed by atoms with Crippen LogP contribution in [0.15, 0.2) is 28.1 Å². The number of rotatable bonds is 6. The minimum Gasteiger partial charge on any atom is -0.274 e. The Morgan fingerprint density at radius 2 is 1.56 bits per heavy atom. The molecule has 0 unspecified atom stereocenters. The molecule has 2 aromatic rings. The lowest BCUT2D eigenvalue weighted by atomic mass is 10.2. The summed E-state index contributed by atoms with van der Waals surface area (Å²) in [6.07, 6.45) is 0. The van der Waals surface area contributed by atoms with Gasteiger partial charge in [0.15, 0.2) is 5.84 Å². The minimum absolute atomic E-state index is 0.0830. The molecular formula is C21H32N9O2+. The first-order chi connectivity index (χ1) is 15.0. The number of hydrazine groups is 1. The van der Waals surface area contributed by atoms with Crippen molar-refractivity contribution in [1.29, 1.82) is 0 Å². The van der Waals surface area contributed by atoms with E-state index < -0.39 is 0 Å². The third-order valence-electron chi connectivity index (χ3n) is 4.84. The van der Waals surface area contributed by atoms with Crippen LogP contribution < -0.4 is 15.8 Å². The molecule has 0 radical (unpaired) electrons. The number of hydrogen-bond donors (Lipinski definition) is 1. The molecule has 2 amide bonds. The lowest BCUT2D eigenvalue weighted by molar-refractivity contribution is -0.788. The van der Waals surface area contributed by atoms with Gasteiger partial charge in [0.2, 0.25) is 0 Å². The first-order valence-electron chi connectivity index (χ1n) is 10.9.